The summed E-state index contributed by atoms with van der Waals surface area (Å²) in [5.41, 5.74) is 10.5. The highest BCUT2D eigenvalue weighted by Gasteiger charge is 2.20. The van der Waals surface area contributed by atoms with Gasteiger partial charge in [0, 0.05) is 23.2 Å². The van der Waals surface area contributed by atoms with Crippen molar-refractivity contribution in [1.29, 1.82) is 0 Å². The number of aryl methyl sites for hydroxylation is 2. The molecule has 0 fully saturated rings. The monoisotopic (exact) mass is 494 g/mol. The average molecular weight is 495 g/mol. The van der Waals surface area contributed by atoms with Gasteiger partial charge in [-0.3, -0.25) is 9.48 Å². The van der Waals surface area contributed by atoms with Crippen LogP contribution in [-0.4, -0.2) is 27.6 Å². The van der Waals surface area contributed by atoms with E-state index in [1.165, 1.54) is 0 Å². The standard InChI is InChI=1S/C26H31ClN6O2/c1-16-12-17(2)33(32-16)15-18-6-9-20(10-7-18)23(28)31-25(35)30-22-13-19(8-11-21(22)27)14-29-24(34)26(3,4)5/h6-13H,14-15H2,1-5H3,(H,29,34)(H3,28,30,31,35). The number of benzene rings is 2. The largest absolute Gasteiger partial charge is 0.383 e. The van der Waals surface area contributed by atoms with E-state index in [1.807, 2.05) is 69.6 Å². The van der Waals surface area contributed by atoms with E-state index in [-0.39, 0.29) is 11.7 Å². The predicted octanol–water partition coefficient (Wildman–Crippen LogP) is 4.80. The van der Waals surface area contributed by atoms with Gasteiger partial charge in [-0.25, -0.2) is 4.79 Å². The number of halogens is 1. The summed E-state index contributed by atoms with van der Waals surface area (Å²) in [6.07, 6.45) is 0. The second kappa shape index (κ2) is 10.7. The maximum atomic E-state index is 12.5. The fourth-order valence-corrected chi connectivity index (χ4v) is 3.50. The van der Waals surface area contributed by atoms with Crippen molar-refractivity contribution in [3.05, 3.63) is 81.6 Å². The number of urea groups is 1. The van der Waals surface area contributed by atoms with Crippen LogP contribution in [0.4, 0.5) is 10.5 Å². The Morgan fingerprint density at radius 3 is 2.31 bits per heavy atom. The molecule has 0 atom stereocenters. The smallest absolute Gasteiger partial charge is 0.347 e. The molecule has 0 unspecified atom stereocenters. The normalized spacial score (nSPS) is 11.9. The van der Waals surface area contributed by atoms with E-state index in [0.29, 0.717) is 29.4 Å². The molecule has 0 radical (unpaired) electrons. The van der Waals surface area contributed by atoms with Gasteiger partial charge in [0.05, 0.1) is 22.9 Å². The quantitative estimate of drug-likeness (QED) is 0.337. The number of carbonyl (C=O) groups is 2. The molecule has 0 aliphatic carbocycles. The first kappa shape index (κ1) is 26.0. The van der Waals surface area contributed by atoms with Crippen molar-refractivity contribution in [3.63, 3.8) is 0 Å². The highest BCUT2D eigenvalue weighted by molar-refractivity contribution is 6.33. The molecule has 9 heteroatoms. The lowest BCUT2D eigenvalue weighted by Gasteiger charge is -2.18. The van der Waals surface area contributed by atoms with Gasteiger partial charge in [0.15, 0.2) is 0 Å². The molecule has 2 aromatic carbocycles. The van der Waals surface area contributed by atoms with E-state index >= 15 is 0 Å². The van der Waals surface area contributed by atoms with Crippen LogP contribution < -0.4 is 16.4 Å². The van der Waals surface area contributed by atoms with Crippen LogP contribution in [0.25, 0.3) is 0 Å². The van der Waals surface area contributed by atoms with Crippen molar-refractivity contribution >= 4 is 35.1 Å². The molecule has 3 rings (SSSR count). The molecular weight excluding hydrogens is 464 g/mol. The summed E-state index contributed by atoms with van der Waals surface area (Å²) in [5, 5.41) is 10.4. The molecule has 0 aliphatic heterocycles. The minimum Gasteiger partial charge on any atom is -0.383 e. The minimum absolute atomic E-state index is 0.0729. The number of aromatic nitrogens is 2. The molecule has 184 valence electrons. The Morgan fingerprint density at radius 2 is 1.71 bits per heavy atom. The highest BCUT2D eigenvalue weighted by atomic mass is 35.5. The summed E-state index contributed by atoms with van der Waals surface area (Å²) in [7, 11) is 0. The number of amidine groups is 1. The van der Waals surface area contributed by atoms with Crippen LogP contribution in [0.2, 0.25) is 5.02 Å². The van der Waals surface area contributed by atoms with Crippen LogP contribution in [0.3, 0.4) is 0 Å². The fourth-order valence-electron chi connectivity index (χ4n) is 3.33. The maximum Gasteiger partial charge on any atom is 0.347 e. The van der Waals surface area contributed by atoms with E-state index in [9.17, 15) is 9.59 Å². The van der Waals surface area contributed by atoms with Crippen molar-refractivity contribution in [2.24, 2.45) is 16.1 Å². The Labute approximate surface area is 210 Å². The molecule has 0 saturated heterocycles. The number of amides is 3. The lowest BCUT2D eigenvalue weighted by atomic mass is 9.95. The van der Waals surface area contributed by atoms with Gasteiger partial charge in [-0.15, -0.1) is 0 Å². The summed E-state index contributed by atoms with van der Waals surface area (Å²) in [6.45, 7) is 10.5. The number of rotatable bonds is 6. The Bertz CT molecular complexity index is 1260. The number of hydrogen-bond donors (Lipinski definition) is 3. The van der Waals surface area contributed by atoms with E-state index in [2.05, 4.69) is 20.7 Å². The lowest BCUT2D eigenvalue weighted by Crippen LogP contribution is -2.34. The van der Waals surface area contributed by atoms with Crippen molar-refractivity contribution < 1.29 is 9.59 Å². The van der Waals surface area contributed by atoms with Crippen molar-refractivity contribution in [2.75, 3.05) is 5.32 Å². The molecule has 3 aromatic rings. The van der Waals surface area contributed by atoms with Gasteiger partial charge in [0.25, 0.3) is 0 Å². The molecule has 1 heterocycles. The third kappa shape index (κ3) is 7.16. The second-order valence-electron chi connectivity index (χ2n) is 9.46. The Hall–Kier alpha value is -3.65. The van der Waals surface area contributed by atoms with E-state index < -0.39 is 11.4 Å². The molecular formula is C26H31ClN6O2. The summed E-state index contributed by atoms with van der Waals surface area (Å²) < 4.78 is 1.93. The number of nitrogens with zero attached hydrogens (tertiary/aromatic N) is 3. The van der Waals surface area contributed by atoms with Gasteiger partial charge in [-0.2, -0.15) is 10.1 Å². The molecule has 0 spiro atoms. The highest BCUT2D eigenvalue weighted by Crippen LogP contribution is 2.24. The van der Waals surface area contributed by atoms with Crippen molar-refractivity contribution in [2.45, 2.75) is 47.7 Å². The first-order valence-corrected chi connectivity index (χ1v) is 11.6. The van der Waals surface area contributed by atoms with Crippen LogP contribution in [0.15, 0.2) is 53.5 Å². The number of nitrogens with two attached hydrogens (primary N) is 1. The molecule has 0 bridgehead atoms. The molecule has 8 nitrogen and oxygen atoms in total. The van der Waals surface area contributed by atoms with Crippen LogP contribution in [0.5, 0.6) is 0 Å². The number of hydrogen-bond acceptors (Lipinski definition) is 3. The van der Waals surface area contributed by atoms with Crippen molar-refractivity contribution in [1.82, 2.24) is 15.1 Å². The van der Waals surface area contributed by atoms with Gasteiger partial charge in [-0.1, -0.05) is 62.7 Å². The molecule has 3 amide bonds. The summed E-state index contributed by atoms with van der Waals surface area (Å²) in [5.74, 6) is 0.0150. The zero-order valence-electron chi connectivity index (χ0n) is 20.6. The van der Waals surface area contributed by atoms with E-state index in [4.69, 9.17) is 17.3 Å². The lowest BCUT2D eigenvalue weighted by molar-refractivity contribution is -0.128. The van der Waals surface area contributed by atoms with Gasteiger partial charge < -0.3 is 16.4 Å². The van der Waals surface area contributed by atoms with Crippen LogP contribution >= 0.6 is 11.6 Å². The third-order valence-electron chi connectivity index (χ3n) is 5.31. The van der Waals surface area contributed by atoms with Gasteiger partial charge in [0.2, 0.25) is 5.91 Å². The maximum absolute atomic E-state index is 12.5. The van der Waals surface area contributed by atoms with E-state index in [1.54, 1.807) is 18.2 Å². The predicted molar refractivity (Wildman–Crippen MR) is 140 cm³/mol. The number of nitrogens with one attached hydrogen (secondary N) is 2. The molecule has 35 heavy (non-hydrogen) atoms. The minimum atomic E-state index is -0.646. The van der Waals surface area contributed by atoms with Crippen LogP contribution in [-0.2, 0) is 17.9 Å². The SMILES string of the molecule is Cc1cc(C)n(Cc2ccc(/C(N)=N/C(=O)Nc3cc(CNC(=O)C(C)(C)C)ccc3Cl)cc2)n1. The molecule has 1 aromatic heterocycles. The summed E-state index contributed by atoms with van der Waals surface area (Å²) in [6, 6.07) is 14.0. The van der Waals surface area contributed by atoms with E-state index in [0.717, 1.165) is 22.5 Å². The average Bonchev–Trinajstić information content (AvgIpc) is 3.10. The molecule has 4 N–H and O–H groups in total. The topological polar surface area (TPSA) is 114 Å². The summed E-state index contributed by atoms with van der Waals surface area (Å²) in [4.78, 5) is 28.5. The molecule has 0 aliphatic rings. The third-order valence-corrected chi connectivity index (χ3v) is 5.64. The van der Waals surface area contributed by atoms with Crippen LogP contribution in [0.1, 0.15) is 48.8 Å². The number of aliphatic imine (C=N–C) groups is 1. The zero-order chi connectivity index (χ0) is 25.8. The first-order valence-electron chi connectivity index (χ1n) is 11.2. The van der Waals surface area contributed by atoms with Gasteiger partial charge >= 0.3 is 6.03 Å². The van der Waals surface area contributed by atoms with Crippen LogP contribution in [0, 0.1) is 19.3 Å². The van der Waals surface area contributed by atoms with Crippen molar-refractivity contribution in [3.8, 4) is 0 Å². The van der Waals surface area contributed by atoms with Gasteiger partial charge in [0.1, 0.15) is 5.84 Å². The Balaban J connectivity index is 1.64. The Morgan fingerprint density at radius 1 is 1.06 bits per heavy atom. The second-order valence-corrected chi connectivity index (χ2v) is 9.86. The van der Waals surface area contributed by atoms with Gasteiger partial charge in [-0.05, 0) is 43.2 Å². The molecule has 0 saturated carbocycles. The zero-order valence-corrected chi connectivity index (χ0v) is 21.4. The first-order chi connectivity index (χ1) is 16.4. The fraction of sp³-hybridized carbons (Fsp3) is 0.308. The Kier molecular flexibility index (Phi) is 7.96. The number of anilines is 1. The summed E-state index contributed by atoms with van der Waals surface area (Å²) >= 11 is 6.24. The number of carbonyl (C=O) groups excluding carboxylic acids is 2.